The van der Waals surface area contributed by atoms with Crippen molar-refractivity contribution in [2.24, 2.45) is 0 Å². The van der Waals surface area contributed by atoms with Gasteiger partial charge in [-0.3, -0.25) is 4.79 Å². The van der Waals surface area contributed by atoms with Gasteiger partial charge in [-0.05, 0) is 13.0 Å². The average Bonchev–Trinajstić information content (AvgIpc) is 2.50. The topological polar surface area (TPSA) is 75.6 Å². The summed E-state index contributed by atoms with van der Waals surface area (Å²) in [6.45, 7) is 0.201. The highest BCUT2D eigenvalue weighted by molar-refractivity contribution is 5.78. The average molecular weight is 227 g/mol. The first-order valence-corrected chi connectivity index (χ1v) is 4.06. The lowest BCUT2D eigenvalue weighted by Crippen LogP contribution is -2.42. The number of hydrogen-bond donors (Lipinski definition) is 2. The van der Waals surface area contributed by atoms with Gasteiger partial charge in [0.2, 0.25) is 0 Å². The van der Waals surface area contributed by atoms with Gasteiger partial charge in [-0.25, -0.2) is 4.79 Å². The summed E-state index contributed by atoms with van der Waals surface area (Å²) < 4.78 is 39.4. The van der Waals surface area contributed by atoms with Crippen molar-refractivity contribution in [2.75, 3.05) is 6.54 Å². The molecule has 0 radical (unpaired) electrons. The largest absolute Gasteiger partial charge is 0.490 e. The number of carboxylic acids is 1. The van der Waals surface area contributed by atoms with E-state index in [1.54, 1.807) is 0 Å². The van der Waals surface area contributed by atoms with Gasteiger partial charge in [0.25, 0.3) is 0 Å². The van der Waals surface area contributed by atoms with Gasteiger partial charge in [0.1, 0.15) is 12.1 Å². The van der Waals surface area contributed by atoms with Crippen LogP contribution in [0.5, 0.6) is 0 Å². The summed E-state index contributed by atoms with van der Waals surface area (Å²) >= 11 is 0. The van der Waals surface area contributed by atoms with E-state index in [0.29, 0.717) is 0 Å². The van der Waals surface area contributed by atoms with E-state index in [-0.39, 0.29) is 13.0 Å². The molecule has 2 N–H and O–H groups in total. The maximum atomic E-state index is 11.8. The smallest absolute Gasteiger partial charge is 0.480 e. The van der Waals surface area contributed by atoms with Crippen molar-refractivity contribution >= 4 is 11.9 Å². The van der Waals surface area contributed by atoms with Crippen LogP contribution >= 0.6 is 0 Å². The fourth-order valence-corrected chi connectivity index (χ4v) is 1.26. The summed E-state index contributed by atoms with van der Waals surface area (Å²) in [5.74, 6) is -3.70. The third-order valence-corrected chi connectivity index (χ3v) is 1.92. The Balaban J connectivity index is 2.58. The molecule has 15 heavy (non-hydrogen) atoms. The lowest BCUT2D eigenvalue weighted by atomic mass is 10.2. The second-order valence-electron chi connectivity index (χ2n) is 3.00. The van der Waals surface area contributed by atoms with Crippen molar-refractivity contribution in [1.29, 1.82) is 0 Å². The minimum Gasteiger partial charge on any atom is -0.480 e. The van der Waals surface area contributed by atoms with Crippen molar-refractivity contribution in [2.45, 2.75) is 24.7 Å². The second kappa shape index (κ2) is 4.05. The third kappa shape index (κ3) is 2.82. The molecule has 0 saturated carbocycles. The maximum absolute atomic E-state index is 11.8. The van der Waals surface area contributed by atoms with Crippen LogP contribution in [0.4, 0.5) is 13.2 Å². The van der Waals surface area contributed by atoms with E-state index < -0.39 is 30.3 Å². The number of carbonyl (C=O) groups excluding carboxylic acids is 1. The van der Waals surface area contributed by atoms with Gasteiger partial charge in [-0.1, -0.05) is 0 Å². The number of carbonyl (C=O) groups is 2. The molecule has 0 spiro atoms. The maximum Gasteiger partial charge on any atom is 0.490 e. The molecule has 0 aromatic rings. The van der Waals surface area contributed by atoms with Gasteiger partial charge in [-0.15, -0.1) is 0 Å². The summed E-state index contributed by atoms with van der Waals surface area (Å²) in [5, 5.41) is 11.0. The number of rotatable bonds is 2. The quantitative estimate of drug-likeness (QED) is 0.644. The van der Waals surface area contributed by atoms with Gasteiger partial charge in [0.15, 0.2) is 0 Å². The Kier molecular flexibility index (Phi) is 3.18. The van der Waals surface area contributed by atoms with Crippen LogP contribution in [-0.2, 0) is 14.3 Å². The van der Waals surface area contributed by atoms with Gasteiger partial charge >= 0.3 is 18.1 Å². The zero-order valence-electron chi connectivity index (χ0n) is 7.37. The highest BCUT2D eigenvalue weighted by atomic mass is 19.4. The van der Waals surface area contributed by atoms with E-state index in [0.717, 1.165) is 0 Å². The van der Waals surface area contributed by atoms with E-state index in [4.69, 9.17) is 5.11 Å². The molecule has 1 heterocycles. The van der Waals surface area contributed by atoms with Crippen molar-refractivity contribution in [3.8, 4) is 0 Å². The predicted octanol–water partition coefficient (Wildman–Crippen LogP) is -0.0930. The molecular formula is C7H8F3NO4. The standard InChI is InChI=1S/C7H8F3NO4/c8-7(9,10)6(14)15-3-1-2-11-4(3)5(12)13/h3-4,11H,1-2H2,(H,12,13)/t3-,4-/m1/s1. The van der Waals surface area contributed by atoms with Crippen LogP contribution in [0.1, 0.15) is 6.42 Å². The van der Waals surface area contributed by atoms with Crippen molar-refractivity contribution < 1.29 is 32.6 Å². The van der Waals surface area contributed by atoms with Crippen molar-refractivity contribution in [3.05, 3.63) is 0 Å². The molecule has 8 heteroatoms. The number of nitrogens with one attached hydrogen (secondary N) is 1. The number of halogens is 3. The zero-order chi connectivity index (χ0) is 11.6. The molecule has 1 fully saturated rings. The first-order chi connectivity index (χ1) is 6.82. The Morgan fingerprint density at radius 2 is 2.00 bits per heavy atom. The van der Waals surface area contributed by atoms with Gasteiger partial charge in [-0.2, -0.15) is 13.2 Å². The highest BCUT2D eigenvalue weighted by Crippen LogP contribution is 2.20. The zero-order valence-corrected chi connectivity index (χ0v) is 7.37. The molecule has 1 aliphatic rings. The summed E-state index contributed by atoms with van der Waals surface area (Å²) in [6.07, 6.45) is -6.30. The molecule has 1 saturated heterocycles. The molecular weight excluding hydrogens is 219 g/mol. The fraction of sp³-hybridized carbons (Fsp3) is 0.714. The third-order valence-electron chi connectivity index (χ3n) is 1.92. The van der Waals surface area contributed by atoms with Crippen LogP contribution in [0.3, 0.4) is 0 Å². The Bertz CT molecular complexity index is 278. The van der Waals surface area contributed by atoms with Crippen LogP contribution in [0.2, 0.25) is 0 Å². The number of alkyl halides is 3. The summed E-state index contributed by atoms with van der Waals surface area (Å²) in [4.78, 5) is 20.9. The van der Waals surface area contributed by atoms with Crippen molar-refractivity contribution in [1.82, 2.24) is 5.32 Å². The van der Waals surface area contributed by atoms with Crippen LogP contribution in [0.25, 0.3) is 0 Å². The summed E-state index contributed by atoms with van der Waals surface area (Å²) in [7, 11) is 0. The summed E-state index contributed by atoms with van der Waals surface area (Å²) in [5.41, 5.74) is 0. The first kappa shape index (κ1) is 11.8. The Labute approximate surface area is 82.2 Å². The molecule has 0 aromatic carbocycles. The highest BCUT2D eigenvalue weighted by Gasteiger charge is 2.45. The minimum atomic E-state index is -5.09. The Morgan fingerprint density at radius 1 is 1.40 bits per heavy atom. The minimum absolute atomic E-state index is 0.0544. The molecule has 0 aromatic heterocycles. The predicted molar refractivity (Wildman–Crippen MR) is 40.0 cm³/mol. The monoisotopic (exact) mass is 227 g/mol. The second-order valence-corrected chi connectivity index (χ2v) is 3.00. The fourth-order valence-electron chi connectivity index (χ4n) is 1.26. The number of carboxylic acid groups (broad SMARTS) is 1. The molecule has 0 aliphatic carbocycles. The Morgan fingerprint density at radius 3 is 2.47 bits per heavy atom. The lowest BCUT2D eigenvalue weighted by Gasteiger charge is -2.17. The normalized spacial score (nSPS) is 26.3. The number of esters is 1. The van der Waals surface area contributed by atoms with E-state index in [1.807, 2.05) is 0 Å². The van der Waals surface area contributed by atoms with E-state index in [2.05, 4.69) is 10.1 Å². The first-order valence-electron chi connectivity index (χ1n) is 4.06. The SMILES string of the molecule is O=C(O)[C@@H]1NCC[C@H]1OC(=O)C(F)(F)F. The molecule has 0 amide bonds. The van der Waals surface area contributed by atoms with Crippen molar-refractivity contribution in [3.63, 3.8) is 0 Å². The number of hydrogen-bond acceptors (Lipinski definition) is 4. The number of aliphatic carboxylic acids is 1. The molecule has 1 aliphatic heterocycles. The van der Waals surface area contributed by atoms with E-state index >= 15 is 0 Å². The van der Waals surface area contributed by atoms with Crippen LogP contribution in [0, 0.1) is 0 Å². The Hall–Kier alpha value is -1.31. The van der Waals surface area contributed by atoms with Crippen LogP contribution in [-0.4, -0.2) is 41.9 Å². The van der Waals surface area contributed by atoms with Crippen LogP contribution < -0.4 is 5.32 Å². The molecule has 0 unspecified atom stereocenters. The lowest BCUT2D eigenvalue weighted by molar-refractivity contribution is -0.205. The molecule has 86 valence electrons. The molecule has 1 rings (SSSR count). The van der Waals surface area contributed by atoms with Gasteiger partial charge in [0, 0.05) is 0 Å². The molecule has 5 nitrogen and oxygen atoms in total. The van der Waals surface area contributed by atoms with E-state index in [9.17, 15) is 22.8 Å². The summed E-state index contributed by atoms with van der Waals surface area (Å²) in [6, 6.07) is -1.27. The van der Waals surface area contributed by atoms with Crippen LogP contribution in [0.15, 0.2) is 0 Å². The van der Waals surface area contributed by atoms with Gasteiger partial charge < -0.3 is 15.2 Å². The van der Waals surface area contributed by atoms with E-state index in [1.165, 1.54) is 0 Å². The number of ether oxygens (including phenoxy) is 1. The van der Waals surface area contributed by atoms with Gasteiger partial charge in [0.05, 0.1) is 0 Å². The molecule has 0 bridgehead atoms. The molecule has 2 atom stereocenters.